The van der Waals surface area contributed by atoms with Crippen LogP contribution >= 0.6 is 11.6 Å². The van der Waals surface area contributed by atoms with E-state index in [0.29, 0.717) is 18.0 Å². The van der Waals surface area contributed by atoms with Crippen molar-refractivity contribution in [2.45, 2.75) is 39.8 Å². The molecule has 0 fully saturated rings. The SMILES string of the molecule is CC(NC(C)C(C)C)c1ccc(Cl)cc1. The summed E-state index contributed by atoms with van der Waals surface area (Å²) >= 11 is 5.85. The Balaban J connectivity index is 2.61. The number of hydrogen-bond acceptors (Lipinski definition) is 1. The van der Waals surface area contributed by atoms with Crippen LogP contribution in [0.4, 0.5) is 0 Å². The van der Waals surface area contributed by atoms with Gasteiger partial charge in [-0.15, -0.1) is 0 Å². The molecular weight excluding hydrogens is 206 g/mol. The monoisotopic (exact) mass is 225 g/mol. The van der Waals surface area contributed by atoms with Gasteiger partial charge in [0.2, 0.25) is 0 Å². The van der Waals surface area contributed by atoms with Crippen LogP contribution in [0.2, 0.25) is 5.02 Å². The number of hydrogen-bond donors (Lipinski definition) is 1. The Morgan fingerprint density at radius 1 is 1.00 bits per heavy atom. The molecule has 2 atom stereocenters. The van der Waals surface area contributed by atoms with Crippen LogP contribution in [0.1, 0.15) is 39.3 Å². The average molecular weight is 226 g/mol. The van der Waals surface area contributed by atoms with Crippen molar-refractivity contribution in [1.82, 2.24) is 5.32 Å². The van der Waals surface area contributed by atoms with Gasteiger partial charge in [0.15, 0.2) is 0 Å². The Morgan fingerprint density at radius 2 is 1.53 bits per heavy atom. The molecule has 0 amide bonds. The van der Waals surface area contributed by atoms with Gasteiger partial charge in [-0.2, -0.15) is 0 Å². The predicted octanol–water partition coefficient (Wildman–Crippen LogP) is 4.04. The summed E-state index contributed by atoms with van der Waals surface area (Å²) in [5.74, 6) is 0.653. The zero-order valence-corrected chi connectivity index (χ0v) is 10.7. The molecule has 0 heterocycles. The molecule has 0 saturated heterocycles. The minimum Gasteiger partial charge on any atom is -0.307 e. The second-order valence-electron chi connectivity index (χ2n) is 4.47. The molecule has 0 aromatic heterocycles. The number of rotatable bonds is 4. The topological polar surface area (TPSA) is 12.0 Å². The second kappa shape index (κ2) is 5.53. The van der Waals surface area contributed by atoms with E-state index in [1.54, 1.807) is 0 Å². The second-order valence-corrected chi connectivity index (χ2v) is 4.91. The highest BCUT2D eigenvalue weighted by atomic mass is 35.5. The van der Waals surface area contributed by atoms with Crippen LogP contribution in [0.15, 0.2) is 24.3 Å². The molecule has 0 bridgehead atoms. The maximum absolute atomic E-state index is 5.85. The van der Waals surface area contributed by atoms with Crippen LogP contribution in [0.5, 0.6) is 0 Å². The van der Waals surface area contributed by atoms with E-state index in [9.17, 15) is 0 Å². The molecule has 1 aromatic rings. The van der Waals surface area contributed by atoms with Crippen LogP contribution in [0.25, 0.3) is 0 Å². The van der Waals surface area contributed by atoms with E-state index < -0.39 is 0 Å². The molecule has 0 saturated carbocycles. The largest absolute Gasteiger partial charge is 0.307 e. The standard InChI is InChI=1S/C13H20ClN/c1-9(2)10(3)15-11(4)12-5-7-13(14)8-6-12/h5-11,15H,1-4H3. The van der Waals surface area contributed by atoms with E-state index in [1.807, 2.05) is 12.1 Å². The van der Waals surface area contributed by atoms with Crippen molar-refractivity contribution < 1.29 is 0 Å². The van der Waals surface area contributed by atoms with Crippen LogP contribution in [-0.2, 0) is 0 Å². The van der Waals surface area contributed by atoms with Crippen LogP contribution in [0.3, 0.4) is 0 Å². The first kappa shape index (κ1) is 12.5. The van der Waals surface area contributed by atoms with Gasteiger partial charge in [0.1, 0.15) is 0 Å². The van der Waals surface area contributed by atoms with Crippen molar-refractivity contribution in [3.8, 4) is 0 Å². The Kier molecular flexibility index (Phi) is 4.62. The van der Waals surface area contributed by atoms with Gasteiger partial charge in [-0.1, -0.05) is 37.6 Å². The zero-order valence-electron chi connectivity index (χ0n) is 9.92. The molecule has 1 nitrogen and oxygen atoms in total. The summed E-state index contributed by atoms with van der Waals surface area (Å²) in [5, 5.41) is 4.37. The maximum Gasteiger partial charge on any atom is 0.0406 e. The number of benzene rings is 1. The summed E-state index contributed by atoms with van der Waals surface area (Å²) in [6.45, 7) is 8.86. The molecule has 84 valence electrons. The molecule has 2 unspecified atom stereocenters. The third-order valence-electron chi connectivity index (χ3n) is 2.88. The summed E-state index contributed by atoms with van der Waals surface area (Å²) in [5.41, 5.74) is 1.28. The fourth-order valence-corrected chi connectivity index (χ4v) is 1.56. The van der Waals surface area contributed by atoms with Gasteiger partial charge in [-0.3, -0.25) is 0 Å². The lowest BCUT2D eigenvalue weighted by atomic mass is 10.0. The quantitative estimate of drug-likeness (QED) is 0.816. The molecule has 15 heavy (non-hydrogen) atoms. The normalized spacial score (nSPS) is 15.3. The van der Waals surface area contributed by atoms with Crippen molar-refractivity contribution in [2.24, 2.45) is 5.92 Å². The van der Waals surface area contributed by atoms with Gasteiger partial charge in [0.25, 0.3) is 0 Å². The van der Waals surface area contributed by atoms with Gasteiger partial charge in [0, 0.05) is 17.1 Å². The summed E-state index contributed by atoms with van der Waals surface area (Å²) in [4.78, 5) is 0. The molecular formula is C13H20ClN. The molecule has 0 aliphatic heterocycles. The molecule has 0 aliphatic rings. The van der Waals surface area contributed by atoms with Crippen molar-refractivity contribution >= 4 is 11.6 Å². The van der Waals surface area contributed by atoms with Gasteiger partial charge in [-0.25, -0.2) is 0 Å². The number of halogens is 1. The van der Waals surface area contributed by atoms with E-state index in [0.717, 1.165) is 5.02 Å². The molecule has 0 spiro atoms. The molecule has 1 N–H and O–H groups in total. The van der Waals surface area contributed by atoms with Crippen molar-refractivity contribution in [3.63, 3.8) is 0 Å². The van der Waals surface area contributed by atoms with Crippen LogP contribution in [0, 0.1) is 5.92 Å². The summed E-state index contributed by atoms with van der Waals surface area (Å²) in [7, 11) is 0. The van der Waals surface area contributed by atoms with Crippen LogP contribution in [-0.4, -0.2) is 6.04 Å². The van der Waals surface area contributed by atoms with E-state index in [2.05, 4.69) is 45.1 Å². The van der Waals surface area contributed by atoms with Gasteiger partial charge in [0.05, 0.1) is 0 Å². The van der Waals surface area contributed by atoms with Crippen molar-refractivity contribution in [3.05, 3.63) is 34.9 Å². The van der Waals surface area contributed by atoms with E-state index in [4.69, 9.17) is 11.6 Å². The van der Waals surface area contributed by atoms with Crippen molar-refractivity contribution in [1.29, 1.82) is 0 Å². The Morgan fingerprint density at radius 3 is 2.00 bits per heavy atom. The minimum absolute atomic E-state index is 0.375. The molecule has 1 rings (SSSR count). The fourth-order valence-electron chi connectivity index (χ4n) is 1.43. The average Bonchev–Trinajstić information content (AvgIpc) is 2.18. The minimum atomic E-state index is 0.375. The summed E-state index contributed by atoms with van der Waals surface area (Å²) in [6.07, 6.45) is 0. The summed E-state index contributed by atoms with van der Waals surface area (Å²) < 4.78 is 0. The Hall–Kier alpha value is -0.530. The van der Waals surface area contributed by atoms with Crippen LogP contribution < -0.4 is 5.32 Å². The first-order valence-corrected chi connectivity index (χ1v) is 5.90. The van der Waals surface area contributed by atoms with Gasteiger partial charge < -0.3 is 5.32 Å². The lowest BCUT2D eigenvalue weighted by Gasteiger charge is -2.23. The first-order valence-electron chi connectivity index (χ1n) is 5.52. The zero-order chi connectivity index (χ0) is 11.4. The molecule has 0 radical (unpaired) electrons. The third-order valence-corrected chi connectivity index (χ3v) is 3.13. The highest BCUT2D eigenvalue weighted by Gasteiger charge is 2.11. The van der Waals surface area contributed by atoms with Gasteiger partial charge in [-0.05, 0) is 37.5 Å². The highest BCUT2D eigenvalue weighted by Crippen LogP contribution is 2.17. The lowest BCUT2D eigenvalue weighted by Crippen LogP contribution is -2.32. The van der Waals surface area contributed by atoms with E-state index >= 15 is 0 Å². The van der Waals surface area contributed by atoms with E-state index in [1.165, 1.54) is 5.56 Å². The van der Waals surface area contributed by atoms with Gasteiger partial charge >= 0.3 is 0 Å². The molecule has 1 aromatic carbocycles. The Bertz CT molecular complexity index is 292. The highest BCUT2D eigenvalue weighted by molar-refractivity contribution is 6.30. The molecule has 2 heteroatoms. The number of nitrogens with one attached hydrogen (secondary N) is 1. The summed E-state index contributed by atoms with van der Waals surface area (Å²) in [6, 6.07) is 8.93. The Labute approximate surface area is 97.8 Å². The third kappa shape index (κ3) is 3.84. The van der Waals surface area contributed by atoms with Crippen molar-refractivity contribution in [2.75, 3.05) is 0 Å². The van der Waals surface area contributed by atoms with E-state index in [-0.39, 0.29) is 0 Å². The predicted molar refractivity (Wildman–Crippen MR) is 67.3 cm³/mol. The lowest BCUT2D eigenvalue weighted by molar-refractivity contribution is 0.389. The maximum atomic E-state index is 5.85. The smallest absolute Gasteiger partial charge is 0.0406 e. The fraction of sp³-hybridized carbons (Fsp3) is 0.538. The first-order chi connectivity index (χ1) is 7.00. The molecule has 0 aliphatic carbocycles.